The number of aromatic nitrogens is 2. The molecule has 0 atom stereocenters. The first-order chi connectivity index (χ1) is 14.6. The van der Waals surface area contributed by atoms with Gasteiger partial charge in [0.15, 0.2) is 0 Å². The van der Waals surface area contributed by atoms with Crippen molar-refractivity contribution in [3.05, 3.63) is 72.9 Å². The lowest BCUT2D eigenvalue weighted by atomic mass is 10.0. The van der Waals surface area contributed by atoms with Crippen LogP contribution in [0.4, 0.5) is 11.6 Å². The lowest BCUT2D eigenvalue weighted by Crippen LogP contribution is -2.12. The minimum atomic E-state index is -3.85. The molecule has 0 amide bonds. The molecule has 0 aliphatic carbocycles. The van der Waals surface area contributed by atoms with Gasteiger partial charge in [0, 0.05) is 22.8 Å². The third-order valence-corrected chi connectivity index (χ3v) is 6.36. The van der Waals surface area contributed by atoms with Crippen LogP contribution in [-0.4, -0.2) is 26.8 Å². The highest BCUT2D eigenvalue weighted by Crippen LogP contribution is 2.29. The molecule has 0 aliphatic rings. The predicted octanol–water partition coefficient (Wildman–Crippen LogP) is 2.34. The van der Waals surface area contributed by atoms with Gasteiger partial charge >= 0.3 is 0 Å². The molecule has 5 N–H and O–H groups in total. The fourth-order valence-corrected chi connectivity index (χ4v) is 4.12. The summed E-state index contributed by atoms with van der Waals surface area (Å²) in [6, 6.07) is 17.6. The normalized spacial score (nSPS) is 12.1. The maximum atomic E-state index is 11.7. The molecule has 0 fully saturated rings. The van der Waals surface area contributed by atoms with Crippen LogP contribution < -0.4 is 15.6 Å². The number of hydrogen-bond acceptors (Lipinski definition) is 7. The van der Waals surface area contributed by atoms with Gasteiger partial charge in [-0.3, -0.25) is 0 Å². The highest BCUT2D eigenvalue weighted by atomic mass is 32.2. The van der Waals surface area contributed by atoms with Crippen LogP contribution in [0.5, 0.6) is 0 Å². The van der Waals surface area contributed by atoms with Crippen LogP contribution in [0.25, 0.3) is 22.0 Å². The zero-order valence-electron chi connectivity index (χ0n) is 15.9. The van der Waals surface area contributed by atoms with Gasteiger partial charge in [-0.05, 0) is 42.0 Å². The van der Waals surface area contributed by atoms with Gasteiger partial charge < -0.3 is 5.32 Å². The average Bonchev–Trinajstić information content (AvgIpc) is 2.72. The van der Waals surface area contributed by atoms with Crippen LogP contribution in [0.2, 0.25) is 0 Å². The van der Waals surface area contributed by atoms with Crippen LogP contribution in [0.1, 0.15) is 0 Å². The summed E-state index contributed by atoms with van der Waals surface area (Å²) in [5.74, 6) is 0.283. The molecular weight excluding hydrogens is 438 g/mol. The number of nitrogens with two attached hydrogens (primary N) is 2. The third-order valence-electron chi connectivity index (χ3n) is 4.52. The largest absolute Gasteiger partial charge is 0.324 e. The van der Waals surface area contributed by atoms with Gasteiger partial charge in [-0.1, -0.05) is 30.3 Å². The lowest BCUT2D eigenvalue weighted by Gasteiger charge is -2.10. The van der Waals surface area contributed by atoms with Gasteiger partial charge in [-0.15, -0.1) is 0 Å². The van der Waals surface area contributed by atoms with Gasteiger partial charge in [-0.25, -0.2) is 37.1 Å². The molecule has 1 heterocycles. The van der Waals surface area contributed by atoms with Gasteiger partial charge in [0.1, 0.15) is 0 Å². The van der Waals surface area contributed by atoms with E-state index in [4.69, 9.17) is 10.3 Å². The summed E-state index contributed by atoms with van der Waals surface area (Å²) in [6.45, 7) is 0. The molecule has 4 aromatic rings. The summed E-state index contributed by atoms with van der Waals surface area (Å²) < 4.78 is 46.2. The van der Waals surface area contributed by atoms with E-state index in [0.29, 0.717) is 22.3 Å². The van der Waals surface area contributed by atoms with Crippen LogP contribution in [0.15, 0.2) is 82.7 Å². The Hall–Kier alpha value is -3.38. The second kappa shape index (κ2) is 7.71. The second-order valence-electron chi connectivity index (χ2n) is 6.70. The van der Waals surface area contributed by atoms with Crippen molar-refractivity contribution in [1.29, 1.82) is 0 Å². The van der Waals surface area contributed by atoms with Gasteiger partial charge in [-0.2, -0.15) is 0 Å². The molecule has 11 heteroatoms. The van der Waals surface area contributed by atoms with E-state index >= 15 is 0 Å². The van der Waals surface area contributed by atoms with E-state index in [-0.39, 0.29) is 15.7 Å². The number of nitrogens with one attached hydrogen (secondary N) is 1. The van der Waals surface area contributed by atoms with E-state index in [1.807, 2.05) is 18.2 Å². The predicted molar refractivity (Wildman–Crippen MR) is 117 cm³/mol. The van der Waals surface area contributed by atoms with Crippen LogP contribution >= 0.6 is 0 Å². The van der Waals surface area contributed by atoms with Crippen molar-refractivity contribution in [2.75, 3.05) is 5.32 Å². The fraction of sp³-hybridized carbons (Fsp3) is 0. The first-order valence-corrected chi connectivity index (χ1v) is 12.0. The Morgan fingerprint density at radius 3 is 2.13 bits per heavy atom. The average molecular weight is 456 g/mol. The van der Waals surface area contributed by atoms with E-state index in [0.717, 1.165) is 5.39 Å². The van der Waals surface area contributed by atoms with Crippen molar-refractivity contribution in [1.82, 2.24) is 9.97 Å². The maximum absolute atomic E-state index is 11.7. The molecule has 158 valence electrons. The number of anilines is 2. The number of benzene rings is 3. The topological polar surface area (TPSA) is 158 Å². The number of primary sulfonamides is 2. The number of sulfonamides is 2. The monoisotopic (exact) mass is 455 g/mol. The van der Waals surface area contributed by atoms with Crippen molar-refractivity contribution >= 4 is 42.6 Å². The minimum absolute atomic E-state index is 0.00403. The maximum Gasteiger partial charge on any atom is 0.238 e. The summed E-state index contributed by atoms with van der Waals surface area (Å²) in [6.07, 6.45) is 1.64. The first kappa shape index (κ1) is 20.9. The molecule has 0 unspecified atom stereocenters. The van der Waals surface area contributed by atoms with Crippen molar-refractivity contribution in [3.63, 3.8) is 0 Å². The molecule has 1 aromatic heterocycles. The summed E-state index contributed by atoms with van der Waals surface area (Å²) in [5, 5.41) is 14.1. The van der Waals surface area contributed by atoms with E-state index in [2.05, 4.69) is 15.3 Å². The molecule has 4 rings (SSSR count). The molecule has 9 nitrogen and oxygen atoms in total. The third kappa shape index (κ3) is 4.54. The fourth-order valence-electron chi connectivity index (χ4n) is 3.05. The molecule has 0 saturated carbocycles. The molecule has 0 saturated heterocycles. The lowest BCUT2D eigenvalue weighted by molar-refractivity contribution is 0.596. The highest BCUT2D eigenvalue weighted by Gasteiger charge is 2.12. The molecule has 0 spiro atoms. The number of hydrogen-bond donors (Lipinski definition) is 3. The molecule has 31 heavy (non-hydrogen) atoms. The highest BCUT2D eigenvalue weighted by molar-refractivity contribution is 7.89. The quantitative estimate of drug-likeness (QED) is 0.416. The minimum Gasteiger partial charge on any atom is -0.324 e. The Morgan fingerprint density at radius 1 is 0.774 bits per heavy atom. The van der Waals surface area contributed by atoms with Crippen molar-refractivity contribution in [2.45, 2.75) is 9.79 Å². The molecule has 0 bridgehead atoms. The van der Waals surface area contributed by atoms with Crippen LogP contribution in [0, 0.1) is 0 Å². The molecule has 0 aliphatic heterocycles. The smallest absolute Gasteiger partial charge is 0.238 e. The van der Waals surface area contributed by atoms with Crippen molar-refractivity contribution in [3.8, 4) is 11.1 Å². The Bertz CT molecular complexity index is 1500. The zero-order chi connectivity index (χ0) is 22.2. The summed E-state index contributed by atoms with van der Waals surface area (Å²) >= 11 is 0. The van der Waals surface area contributed by atoms with E-state index in [1.165, 1.54) is 24.3 Å². The summed E-state index contributed by atoms with van der Waals surface area (Å²) in [5.41, 5.74) is 2.52. The summed E-state index contributed by atoms with van der Waals surface area (Å²) in [7, 11) is -7.63. The Kier molecular flexibility index (Phi) is 5.19. The Morgan fingerprint density at radius 2 is 1.45 bits per heavy atom. The molecule has 0 radical (unpaired) electrons. The van der Waals surface area contributed by atoms with Crippen LogP contribution in [0.3, 0.4) is 0 Å². The number of para-hydroxylation sites is 1. The van der Waals surface area contributed by atoms with E-state index in [1.54, 1.807) is 30.5 Å². The molecular formula is C20H17N5O4S2. The van der Waals surface area contributed by atoms with Crippen molar-refractivity contribution < 1.29 is 16.8 Å². The number of rotatable bonds is 5. The second-order valence-corrected chi connectivity index (χ2v) is 9.83. The summed E-state index contributed by atoms with van der Waals surface area (Å²) in [4.78, 5) is 8.85. The number of fused-ring (bicyclic) bond motifs is 1. The Balaban J connectivity index is 1.74. The first-order valence-electron chi connectivity index (χ1n) is 8.90. The standard InChI is InChI=1S/C20H17N5O4S2/c21-30(26,27)16-9-7-15(8-10-16)24-20-23-12-14-4-2-6-18(19(14)25-20)13-3-1-5-17(11-13)31(22,28)29/h1-12H,(H2,21,26,27)(H2,22,28,29)(H,23,24,25). The zero-order valence-corrected chi connectivity index (χ0v) is 17.6. The van der Waals surface area contributed by atoms with Gasteiger partial charge in [0.2, 0.25) is 26.0 Å². The number of nitrogens with zero attached hydrogens (tertiary/aromatic N) is 2. The van der Waals surface area contributed by atoms with Gasteiger partial charge in [0.05, 0.1) is 15.3 Å². The SMILES string of the molecule is NS(=O)(=O)c1ccc(Nc2ncc3cccc(-c4cccc(S(N)(=O)=O)c4)c3n2)cc1. The Labute approximate surface area is 178 Å². The van der Waals surface area contributed by atoms with E-state index in [9.17, 15) is 16.8 Å². The van der Waals surface area contributed by atoms with E-state index < -0.39 is 20.0 Å². The van der Waals surface area contributed by atoms with Crippen molar-refractivity contribution in [2.24, 2.45) is 10.3 Å². The molecule has 3 aromatic carbocycles. The van der Waals surface area contributed by atoms with Crippen LogP contribution in [-0.2, 0) is 20.0 Å². The van der Waals surface area contributed by atoms with Gasteiger partial charge in [0.25, 0.3) is 0 Å².